The summed E-state index contributed by atoms with van der Waals surface area (Å²) < 4.78 is 10.6. The largest absolute Gasteiger partial charge is 0.494 e. The molecule has 0 aliphatic carbocycles. The number of carbonyl (C=O) groups excluding carboxylic acids is 1. The van der Waals surface area contributed by atoms with Crippen molar-refractivity contribution in [1.82, 2.24) is 0 Å². The van der Waals surface area contributed by atoms with Gasteiger partial charge in [0.25, 0.3) is 0 Å². The maximum absolute atomic E-state index is 11.5. The van der Waals surface area contributed by atoms with Gasteiger partial charge < -0.3 is 15.2 Å². The first-order valence-electron chi connectivity index (χ1n) is 7.19. The third kappa shape index (κ3) is 6.07. The Morgan fingerprint density at radius 2 is 2.18 bits per heavy atom. The van der Waals surface area contributed by atoms with Gasteiger partial charge in [-0.3, -0.25) is 9.79 Å². The van der Waals surface area contributed by atoms with Gasteiger partial charge in [-0.15, -0.1) is 0 Å². The molecule has 0 radical (unpaired) electrons. The highest BCUT2D eigenvalue weighted by molar-refractivity contribution is 8.13. The summed E-state index contributed by atoms with van der Waals surface area (Å²) >= 11 is 1.43. The van der Waals surface area contributed by atoms with E-state index in [1.54, 1.807) is 20.1 Å². The highest BCUT2D eigenvalue weighted by Gasteiger charge is 2.09. The lowest BCUT2D eigenvalue weighted by Gasteiger charge is -2.12. The van der Waals surface area contributed by atoms with Crippen LogP contribution in [0.4, 0.5) is 0 Å². The Balaban J connectivity index is 2.81. The van der Waals surface area contributed by atoms with Crippen molar-refractivity contribution >= 4 is 22.7 Å². The van der Waals surface area contributed by atoms with Crippen LogP contribution in [-0.4, -0.2) is 37.3 Å². The van der Waals surface area contributed by atoms with Gasteiger partial charge in [-0.25, -0.2) is 0 Å². The Morgan fingerprint density at radius 3 is 2.77 bits per heavy atom. The number of methoxy groups -OCH3 is 1. The Bertz CT molecular complexity index is 532. The molecule has 0 aliphatic heterocycles. The molecule has 1 aromatic carbocycles. The summed E-state index contributed by atoms with van der Waals surface area (Å²) in [6, 6.07) is 5.48. The first-order chi connectivity index (χ1) is 10.5. The zero-order valence-electron chi connectivity index (χ0n) is 13.6. The molecular weight excluding hydrogens is 300 g/mol. The van der Waals surface area contributed by atoms with Gasteiger partial charge in [0.05, 0.1) is 19.3 Å². The van der Waals surface area contributed by atoms with Crippen molar-refractivity contribution in [1.29, 1.82) is 0 Å². The Labute approximate surface area is 136 Å². The van der Waals surface area contributed by atoms with Crippen LogP contribution in [0.2, 0.25) is 0 Å². The summed E-state index contributed by atoms with van der Waals surface area (Å²) in [5.41, 5.74) is 7.53. The molecule has 2 N–H and O–H groups in total. The van der Waals surface area contributed by atoms with E-state index < -0.39 is 0 Å². The van der Waals surface area contributed by atoms with Crippen LogP contribution in [0.1, 0.15) is 36.7 Å². The minimum absolute atomic E-state index is 0.0208. The number of Topliss-reactive ketones (excluding diaryl/α,β-unsaturated/α-hetero) is 1. The first-order valence-corrected chi connectivity index (χ1v) is 8.18. The maximum Gasteiger partial charge on any atom is 0.159 e. The van der Waals surface area contributed by atoms with Crippen molar-refractivity contribution in [3.8, 4) is 5.75 Å². The van der Waals surface area contributed by atoms with Crippen molar-refractivity contribution in [3.05, 3.63) is 29.3 Å². The van der Waals surface area contributed by atoms with E-state index in [-0.39, 0.29) is 11.8 Å². The number of benzene rings is 1. The highest BCUT2D eigenvalue weighted by atomic mass is 32.2. The molecule has 5 nitrogen and oxygen atoms in total. The SMILES string of the molecule is CCOc1ccc(C(C)=O)cc1CSC(N)=N[C@H](C)COC. The molecule has 0 fully saturated rings. The topological polar surface area (TPSA) is 73.9 Å². The summed E-state index contributed by atoms with van der Waals surface area (Å²) in [6.07, 6.45) is 0. The van der Waals surface area contributed by atoms with Gasteiger partial charge in [0.2, 0.25) is 0 Å². The number of ether oxygens (including phenoxy) is 2. The normalized spacial score (nSPS) is 13.0. The zero-order valence-corrected chi connectivity index (χ0v) is 14.4. The van der Waals surface area contributed by atoms with Gasteiger partial charge in [0.15, 0.2) is 11.0 Å². The van der Waals surface area contributed by atoms with E-state index in [4.69, 9.17) is 15.2 Å². The number of aliphatic imine (C=N–C) groups is 1. The Morgan fingerprint density at radius 1 is 1.45 bits per heavy atom. The molecule has 0 saturated heterocycles. The third-order valence-corrected chi connectivity index (χ3v) is 3.75. The number of hydrogen-bond donors (Lipinski definition) is 1. The molecule has 0 heterocycles. The van der Waals surface area contributed by atoms with Crippen molar-refractivity contribution in [2.24, 2.45) is 10.7 Å². The Hall–Kier alpha value is -1.53. The van der Waals surface area contributed by atoms with Gasteiger partial charge in [0.1, 0.15) is 5.75 Å². The number of nitrogens with zero attached hydrogens (tertiary/aromatic N) is 1. The van der Waals surface area contributed by atoms with Crippen LogP contribution in [0.5, 0.6) is 5.75 Å². The fourth-order valence-corrected chi connectivity index (χ4v) is 2.68. The average Bonchev–Trinajstić information content (AvgIpc) is 2.46. The van der Waals surface area contributed by atoms with Crippen LogP contribution in [0.3, 0.4) is 0 Å². The average molecular weight is 324 g/mol. The van der Waals surface area contributed by atoms with Gasteiger partial charge in [-0.2, -0.15) is 0 Å². The molecule has 0 unspecified atom stereocenters. The molecule has 122 valence electrons. The molecule has 0 aliphatic rings. The lowest BCUT2D eigenvalue weighted by molar-refractivity contribution is 0.101. The third-order valence-electron chi connectivity index (χ3n) is 2.90. The predicted octanol–water partition coefficient (Wildman–Crippen LogP) is 2.87. The number of carbonyl (C=O) groups is 1. The number of thioether (sulfide) groups is 1. The first kappa shape index (κ1) is 18.5. The van der Waals surface area contributed by atoms with Crippen LogP contribution in [0.25, 0.3) is 0 Å². The fourth-order valence-electron chi connectivity index (χ4n) is 1.89. The summed E-state index contributed by atoms with van der Waals surface area (Å²) in [4.78, 5) is 15.9. The van der Waals surface area contributed by atoms with E-state index in [9.17, 15) is 4.79 Å². The van der Waals surface area contributed by atoms with Gasteiger partial charge in [0, 0.05) is 24.0 Å². The van der Waals surface area contributed by atoms with Crippen LogP contribution >= 0.6 is 11.8 Å². The lowest BCUT2D eigenvalue weighted by Crippen LogP contribution is -2.15. The summed E-state index contributed by atoms with van der Waals surface area (Å²) in [5, 5.41) is 0.500. The van der Waals surface area contributed by atoms with Gasteiger partial charge in [-0.05, 0) is 39.0 Å². The molecular formula is C16H24N2O3S. The molecule has 1 atom stereocenters. The minimum Gasteiger partial charge on any atom is -0.494 e. The quantitative estimate of drug-likeness (QED) is 0.452. The van der Waals surface area contributed by atoms with E-state index in [1.807, 2.05) is 26.0 Å². The van der Waals surface area contributed by atoms with Crippen LogP contribution < -0.4 is 10.5 Å². The number of rotatable bonds is 8. The smallest absolute Gasteiger partial charge is 0.159 e. The van der Waals surface area contributed by atoms with Crippen molar-refractivity contribution in [2.45, 2.75) is 32.6 Å². The second kappa shape index (κ2) is 9.48. The van der Waals surface area contributed by atoms with E-state index in [0.717, 1.165) is 11.3 Å². The molecule has 0 aromatic heterocycles. The van der Waals surface area contributed by atoms with Crippen LogP contribution in [-0.2, 0) is 10.5 Å². The van der Waals surface area contributed by atoms with E-state index in [1.165, 1.54) is 11.8 Å². The molecule has 6 heteroatoms. The van der Waals surface area contributed by atoms with Crippen molar-refractivity contribution in [3.63, 3.8) is 0 Å². The summed E-state index contributed by atoms with van der Waals surface area (Å²) in [5.74, 6) is 1.41. The van der Waals surface area contributed by atoms with E-state index in [0.29, 0.717) is 29.7 Å². The van der Waals surface area contributed by atoms with Crippen molar-refractivity contribution in [2.75, 3.05) is 20.3 Å². The highest BCUT2D eigenvalue weighted by Crippen LogP contribution is 2.25. The van der Waals surface area contributed by atoms with Crippen LogP contribution in [0, 0.1) is 0 Å². The fraction of sp³-hybridized carbons (Fsp3) is 0.500. The number of nitrogens with two attached hydrogens (primary N) is 1. The molecule has 0 spiro atoms. The number of hydrogen-bond acceptors (Lipinski definition) is 5. The molecule has 1 aromatic rings. The lowest BCUT2D eigenvalue weighted by atomic mass is 10.1. The summed E-state index contributed by atoms with van der Waals surface area (Å²) in [6.45, 7) is 6.53. The minimum atomic E-state index is 0.0208. The monoisotopic (exact) mass is 324 g/mol. The molecule has 1 rings (SSSR count). The second-order valence-corrected chi connectivity index (χ2v) is 5.87. The molecule has 0 bridgehead atoms. The maximum atomic E-state index is 11.5. The standard InChI is InChI=1S/C16H24N2O3S/c1-5-21-15-7-6-13(12(3)19)8-14(15)10-22-16(17)18-11(2)9-20-4/h6-8,11H,5,9-10H2,1-4H3,(H2,17,18)/t11-/m1/s1. The number of ketones is 1. The zero-order chi connectivity index (χ0) is 16.5. The van der Waals surface area contributed by atoms with Gasteiger partial charge in [-0.1, -0.05) is 11.8 Å². The number of amidine groups is 1. The molecule has 0 saturated carbocycles. The Kier molecular flexibility index (Phi) is 7.98. The second-order valence-electron chi connectivity index (χ2n) is 4.87. The molecule has 0 amide bonds. The summed E-state index contributed by atoms with van der Waals surface area (Å²) in [7, 11) is 1.64. The predicted molar refractivity (Wildman–Crippen MR) is 91.9 cm³/mol. The van der Waals surface area contributed by atoms with E-state index >= 15 is 0 Å². The van der Waals surface area contributed by atoms with Gasteiger partial charge >= 0.3 is 0 Å². The van der Waals surface area contributed by atoms with Crippen LogP contribution in [0.15, 0.2) is 23.2 Å². The van der Waals surface area contributed by atoms with E-state index in [2.05, 4.69) is 4.99 Å². The molecule has 22 heavy (non-hydrogen) atoms. The van der Waals surface area contributed by atoms with Crippen molar-refractivity contribution < 1.29 is 14.3 Å².